The van der Waals surface area contributed by atoms with Gasteiger partial charge in [0.15, 0.2) is 0 Å². The normalized spacial score (nSPS) is 16.5. The zero-order valence-corrected chi connectivity index (χ0v) is 18.7. The number of aliphatic imine (C=N–C) groups is 1. The fraction of sp³-hybridized carbons (Fsp3) is 0.353. The molecule has 0 fully saturated rings. The first-order valence-corrected chi connectivity index (χ1v) is 13.2. The Bertz CT molecular complexity index is 1410. The van der Waals surface area contributed by atoms with Gasteiger partial charge in [-0.25, -0.2) is 13.1 Å². The molecule has 0 aliphatic carbocycles. The maximum Gasteiger partial charge on any atom is 0.295 e. The van der Waals surface area contributed by atoms with Crippen molar-refractivity contribution in [2.75, 3.05) is 12.3 Å². The van der Waals surface area contributed by atoms with Crippen LogP contribution in [0.1, 0.15) is 26.3 Å². The van der Waals surface area contributed by atoms with E-state index >= 15 is 0 Å². The van der Waals surface area contributed by atoms with Crippen molar-refractivity contribution in [1.29, 1.82) is 0 Å². The monoisotopic (exact) mass is 476 g/mol. The molecular formula is C17H20N2O8S3. The summed E-state index contributed by atoms with van der Waals surface area (Å²) in [7, 11) is -13.6. The minimum absolute atomic E-state index is 0.131. The third-order valence-electron chi connectivity index (χ3n) is 5.11. The molecule has 0 spiro atoms. The summed E-state index contributed by atoms with van der Waals surface area (Å²) >= 11 is 0. The first kappa shape index (κ1) is 22.8. The van der Waals surface area contributed by atoms with Crippen LogP contribution in [0.25, 0.3) is 10.8 Å². The molecule has 30 heavy (non-hydrogen) atoms. The van der Waals surface area contributed by atoms with E-state index in [0.29, 0.717) is 11.3 Å². The molecule has 2 aromatic carbocycles. The maximum absolute atomic E-state index is 12.7. The molecule has 0 atom stereocenters. The standard InChI is InChI=1S/C17H20N2O8S3/c1-10-17(2,3)16-13-8-11(29(23,24)18-6-7-28(20,21)22)9-15(30(25,26)27)12(13)4-5-14(16)19-10/h4-5,8-9,18H,6-7H2,1-3H3,(H,20,21,22)(H,25,26,27). The zero-order valence-electron chi connectivity index (χ0n) is 16.2. The van der Waals surface area contributed by atoms with Crippen LogP contribution >= 0.6 is 0 Å². The van der Waals surface area contributed by atoms with E-state index in [1.165, 1.54) is 12.1 Å². The Morgan fingerprint density at radius 3 is 2.20 bits per heavy atom. The van der Waals surface area contributed by atoms with E-state index in [9.17, 15) is 29.8 Å². The van der Waals surface area contributed by atoms with Crippen LogP contribution in [-0.4, -0.2) is 52.4 Å². The molecule has 3 N–H and O–H groups in total. The number of fused-ring (bicyclic) bond motifs is 3. The second-order valence-corrected chi connectivity index (χ2v) is 12.2. The highest BCUT2D eigenvalue weighted by atomic mass is 32.2. The summed E-state index contributed by atoms with van der Waals surface area (Å²) in [6, 6.07) is 5.10. The Kier molecular flexibility index (Phi) is 5.37. The van der Waals surface area contributed by atoms with Crippen LogP contribution in [-0.2, 0) is 35.7 Å². The van der Waals surface area contributed by atoms with Crippen molar-refractivity contribution in [2.45, 2.75) is 36.0 Å². The van der Waals surface area contributed by atoms with E-state index in [1.807, 2.05) is 18.6 Å². The molecule has 10 nitrogen and oxygen atoms in total. The molecule has 1 heterocycles. The average Bonchev–Trinajstić information content (AvgIpc) is 2.81. The Labute approximate surface area is 174 Å². The summed E-state index contributed by atoms with van der Waals surface area (Å²) in [6.45, 7) is 4.89. The number of hydrogen-bond acceptors (Lipinski definition) is 7. The Balaban J connectivity index is 2.27. The van der Waals surface area contributed by atoms with Gasteiger partial charge in [0.1, 0.15) is 4.90 Å². The number of rotatable bonds is 6. The lowest BCUT2D eigenvalue weighted by Gasteiger charge is -2.22. The van der Waals surface area contributed by atoms with Gasteiger partial charge >= 0.3 is 0 Å². The van der Waals surface area contributed by atoms with Crippen LogP contribution in [0, 0.1) is 0 Å². The topological polar surface area (TPSA) is 167 Å². The number of sulfonamides is 1. The lowest BCUT2D eigenvalue weighted by molar-refractivity contribution is 0.481. The SMILES string of the molecule is CC1=Nc2ccc3c(S(=O)(=O)O)cc(S(=O)(=O)NCCS(=O)(=O)O)cc3c2C1(C)C. The third-order valence-corrected chi connectivity index (χ3v) is 8.16. The molecule has 0 saturated heterocycles. The number of benzene rings is 2. The van der Waals surface area contributed by atoms with E-state index < -0.39 is 57.8 Å². The van der Waals surface area contributed by atoms with Gasteiger partial charge in [0, 0.05) is 23.1 Å². The van der Waals surface area contributed by atoms with Gasteiger partial charge in [-0.3, -0.25) is 14.1 Å². The Morgan fingerprint density at radius 1 is 1.00 bits per heavy atom. The molecule has 1 aliphatic rings. The Hall–Kier alpha value is -1.90. The zero-order chi connectivity index (χ0) is 22.7. The molecule has 13 heteroatoms. The van der Waals surface area contributed by atoms with Gasteiger partial charge in [-0.1, -0.05) is 19.9 Å². The molecule has 0 amide bonds. The van der Waals surface area contributed by atoms with Crippen molar-refractivity contribution >= 4 is 52.4 Å². The summed E-state index contributed by atoms with van der Waals surface area (Å²) in [4.78, 5) is 3.38. The van der Waals surface area contributed by atoms with Crippen LogP contribution in [0.5, 0.6) is 0 Å². The van der Waals surface area contributed by atoms with E-state index in [1.54, 1.807) is 13.0 Å². The molecule has 3 rings (SSSR count). The van der Waals surface area contributed by atoms with Crippen molar-refractivity contribution < 1.29 is 34.4 Å². The molecule has 0 aromatic heterocycles. The second-order valence-electron chi connectivity index (χ2n) is 7.46. The van der Waals surface area contributed by atoms with Crippen LogP contribution < -0.4 is 4.72 Å². The Morgan fingerprint density at radius 2 is 1.63 bits per heavy atom. The van der Waals surface area contributed by atoms with Gasteiger partial charge in [-0.2, -0.15) is 16.8 Å². The van der Waals surface area contributed by atoms with Crippen molar-refractivity contribution in [3.8, 4) is 0 Å². The van der Waals surface area contributed by atoms with Crippen LogP contribution in [0.15, 0.2) is 39.0 Å². The highest BCUT2D eigenvalue weighted by Crippen LogP contribution is 2.45. The first-order valence-electron chi connectivity index (χ1n) is 8.63. The van der Waals surface area contributed by atoms with Gasteiger partial charge in [0.05, 0.1) is 16.3 Å². The van der Waals surface area contributed by atoms with E-state index in [4.69, 9.17) is 4.55 Å². The van der Waals surface area contributed by atoms with Crippen LogP contribution in [0.3, 0.4) is 0 Å². The van der Waals surface area contributed by atoms with Gasteiger partial charge in [0.2, 0.25) is 10.0 Å². The molecule has 0 saturated carbocycles. The molecule has 0 radical (unpaired) electrons. The maximum atomic E-state index is 12.7. The number of hydrogen-bond donors (Lipinski definition) is 3. The number of nitrogens with zero attached hydrogens (tertiary/aromatic N) is 1. The minimum Gasteiger partial charge on any atom is -0.286 e. The predicted octanol–water partition coefficient (Wildman–Crippen LogP) is 1.64. The van der Waals surface area contributed by atoms with Gasteiger partial charge in [-0.05, 0) is 36.1 Å². The highest BCUT2D eigenvalue weighted by molar-refractivity contribution is 7.90. The lowest BCUT2D eigenvalue weighted by Crippen LogP contribution is -2.29. The number of nitrogens with one attached hydrogen (secondary N) is 1. The molecule has 0 bridgehead atoms. The van der Waals surface area contributed by atoms with Crippen molar-refractivity contribution in [2.24, 2.45) is 4.99 Å². The predicted molar refractivity (Wildman–Crippen MR) is 111 cm³/mol. The first-order chi connectivity index (χ1) is 13.5. The van der Waals surface area contributed by atoms with E-state index in [2.05, 4.69) is 4.99 Å². The van der Waals surface area contributed by atoms with Gasteiger partial charge in [-0.15, -0.1) is 0 Å². The van der Waals surface area contributed by atoms with Crippen molar-refractivity contribution in [1.82, 2.24) is 4.72 Å². The second kappa shape index (κ2) is 7.07. The van der Waals surface area contributed by atoms with Crippen molar-refractivity contribution in [3.63, 3.8) is 0 Å². The largest absolute Gasteiger partial charge is 0.295 e. The summed E-state index contributed by atoms with van der Waals surface area (Å²) < 4.78 is 91.5. The molecule has 1 aliphatic heterocycles. The molecule has 2 aromatic rings. The van der Waals surface area contributed by atoms with Crippen molar-refractivity contribution in [3.05, 3.63) is 29.8 Å². The van der Waals surface area contributed by atoms with Crippen LogP contribution in [0.4, 0.5) is 5.69 Å². The molecule has 0 unspecified atom stereocenters. The smallest absolute Gasteiger partial charge is 0.286 e. The van der Waals surface area contributed by atoms with E-state index in [0.717, 1.165) is 11.8 Å². The molecule has 164 valence electrons. The summed E-state index contributed by atoms with van der Waals surface area (Å²) in [6.07, 6.45) is 0. The fourth-order valence-electron chi connectivity index (χ4n) is 3.37. The quantitative estimate of drug-likeness (QED) is 0.529. The van der Waals surface area contributed by atoms with E-state index in [-0.39, 0.29) is 10.8 Å². The summed E-state index contributed by atoms with van der Waals surface area (Å²) in [5, 5.41) is 0.412. The summed E-state index contributed by atoms with van der Waals surface area (Å²) in [5.74, 6) is -0.861. The third kappa shape index (κ3) is 4.13. The lowest BCUT2D eigenvalue weighted by atomic mass is 9.80. The fourth-order valence-corrected chi connectivity index (χ4v) is 5.75. The van der Waals surface area contributed by atoms with Crippen LogP contribution in [0.2, 0.25) is 0 Å². The summed E-state index contributed by atoms with van der Waals surface area (Å²) in [5.41, 5.74) is 1.29. The highest BCUT2D eigenvalue weighted by Gasteiger charge is 2.35. The van der Waals surface area contributed by atoms with Gasteiger partial charge < -0.3 is 0 Å². The molecular weight excluding hydrogens is 456 g/mol. The minimum atomic E-state index is -4.79. The average molecular weight is 477 g/mol. The van der Waals surface area contributed by atoms with Gasteiger partial charge in [0.25, 0.3) is 20.2 Å².